The maximum absolute atomic E-state index is 5.84. The van der Waals surface area contributed by atoms with Crippen molar-refractivity contribution in [2.75, 3.05) is 32.9 Å². The van der Waals surface area contributed by atoms with Gasteiger partial charge in [-0.2, -0.15) is 0 Å². The van der Waals surface area contributed by atoms with Gasteiger partial charge in [-0.05, 0) is 24.7 Å². The molecule has 0 bridgehead atoms. The van der Waals surface area contributed by atoms with Gasteiger partial charge in [0.1, 0.15) is 5.75 Å². The van der Waals surface area contributed by atoms with Crippen molar-refractivity contribution >= 4 is 11.6 Å². The van der Waals surface area contributed by atoms with E-state index in [9.17, 15) is 0 Å². The van der Waals surface area contributed by atoms with Gasteiger partial charge in [-0.25, -0.2) is 0 Å². The van der Waals surface area contributed by atoms with Crippen LogP contribution in [0.4, 0.5) is 0 Å². The molecule has 1 rings (SSSR count). The largest absolute Gasteiger partial charge is 0.493 e. The molecule has 0 aliphatic heterocycles. The minimum Gasteiger partial charge on any atom is -0.493 e. The van der Waals surface area contributed by atoms with Gasteiger partial charge in [-0.15, -0.1) is 0 Å². The zero-order valence-corrected chi connectivity index (χ0v) is 11.0. The van der Waals surface area contributed by atoms with Crippen LogP contribution in [0.2, 0.25) is 5.02 Å². The lowest BCUT2D eigenvalue weighted by molar-refractivity contribution is 0.121. The first-order valence-electron chi connectivity index (χ1n) is 5.99. The summed E-state index contributed by atoms with van der Waals surface area (Å²) < 4.78 is 11.0. The van der Waals surface area contributed by atoms with Crippen LogP contribution in [0, 0.1) is 0 Å². The van der Waals surface area contributed by atoms with Crippen molar-refractivity contribution < 1.29 is 9.47 Å². The summed E-state index contributed by atoms with van der Waals surface area (Å²) in [6.45, 7) is 6.12. The fourth-order valence-corrected chi connectivity index (χ4v) is 1.51. The number of nitrogens with one attached hydrogen (secondary N) is 1. The summed E-state index contributed by atoms with van der Waals surface area (Å²) in [6, 6.07) is 7.42. The van der Waals surface area contributed by atoms with Crippen molar-refractivity contribution in [1.82, 2.24) is 5.32 Å². The molecule has 0 spiro atoms. The van der Waals surface area contributed by atoms with Gasteiger partial charge in [0, 0.05) is 24.6 Å². The minimum atomic E-state index is 0.654. The van der Waals surface area contributed by atoms with Crippen LogP contribution >= 0.6 is 11.6 Å². The van der Waals surface area contributed by atoms with Gasteiger partial charge in [-0.3, -0.25) is 0 Å². The molecule has 0 radical (unpaired) electrons. The molecule has 1 N–H and O–H groups in total. The predicted octanol–water partition coefficient (Wildman–Crippen LogP) is 2.74. The van der Waals surface area contributed by atoms with Crippen molar-refractivity contribution in [3.63, 3.8) is 0 Å². The third kappa shape index (κ3) is 7.21. The van der Waals surface area contributed by atoms with Gasteiger partial charge in [0.25, 0.3) is 0 Å². The molecular formula is C13H20ClNO2. The lowest BCUT2D eigenvalue weighted by atomic mass is 10.3. The van der Waals surface area contributed by atoms with E-state index in [2.05, 4.69) is 12.2 Å². The molecule has 0 amide bonds. The van der Waals surface area contributed by atoms with E-state index in [4.69, 9.17) is 21.1 Å². The Morgan fingerprint density at radius 1 is 1.24 bits per heavy atom. The number of hydrogen-bond acceptors (Lipinski definition) is 3. The molecule has 1 aromatic rings. The van der Waals surface area contributed by atoms with Crippen molar-refractivity contribution in [2.24, 2.45) is 0 Å². The molecule has 0 unspecified atom stereocenters. The summed E-state index contributed by atoms with van der Waals surface area (Å²) in [5, 5.41) is 3.90. The molecular weight excluding hydrogens is 238 g/mol. The molecule has 0 aliphatic rings. The second kappa shape index (κ2) is 9.28. The molecule has 1 aromatic carbocycles. The highest BCUT2D eigenvalue weighted by atomic mass is 35.5. The molecule has 96 valence electrons. The zero-order valence-electron chi connectivity index (χ0n) is 10.2. The number of hydrogen-bond donors (Lipinski definition) is 1. The Morgan fingerprint density at radius 2 is 2.12 bits per heavy atom. The Morgan fingerprint density at radius 3 is 2.88 bits per heavy atom. The smallest absolute Gasteiger partial charge is 0.120 e. The van der Waals surface area contributed by atoms with E-state index in [1.807, 2.05) is 24.3 Å². The maximum atomic E-state index is 5.84. The summed E-state index contributed by atoms with van der Waals surface area (Å²) in [6.07, 6.45) is 0.888. The quantitative estimate of drug-likeness (QED) is 0.690. The van der Waals surface area contributed by atoms with E-state index >= 15 is 0 Å². The molecule has 17 heavy (non-hydrogen) atoms. The van der Waals surface area contributed by atoms with E-state index in [1.165, 1.54) is 0 Å². The van der Waals surface area contributed by atoms with Crippen LogP contribution in [0.5, 0.6) is 5.75 Å². The van der Waals surface area contributed by atoms with Crippen molar-refractivity contribution in [1.29, 1.82) is 0 Å². The average molecular weight is 258 g/mol. The van der Waals surface area contributed by atoms with Crippen LogP contribution in [0.15, 0.2) is 24.3 Å². The standard InChI is InChI=1S/C13H20ClNO2/c1-2-15-7-10-16-8-4-9-17-13-6-3-5-12(14)11-13/h3,5-6,11,15H,2,4,7-10H2,1H3. The van der Waals surface area contributed by atoms with E-state index in [0.717, 1.165) is 38.5 Å². The first-order chi connectivity index (χ1) is 8.33. The Balaban J connectivity index is 1.97. The second-order valence-corrected chi connectivity index (χ2v) is 4.06. The van der Waals surface area contributed by atoms with Crippen molar-refractivity contribution in [2.45, 2.75) is 13.3 Å². The Labute approximate surface area is 108 Å². The van der Waals surface area contributed by atoms with Crippen molar-refractivity contribution in [3.05, 3.63) is 29.3 Å². The summed E-state index contributed by atoms with van der Waals surface area (Å²) in [7, 11) is 0. The average Bonchev–Trinajstić information content (AvgIpc) is 2.33. The highest BCUT2D eigenvalue weighted by Crippen LogP contribution is 2.16. The summed E-state index contributed by atoms with van der Waals surface area (Å²) in [4.78, 5) is 0. The van der Waals surface area contributed by atoms with Gasteiger partial charge in [0.05, 0.1) is 13.2 Å². The third-order valence-electron chi connectivity index (χ3n) is 2.17. The van der Waals surface area contributed by atoms with E-state index in [1.54, 1.807) is 0 Å². The van der Waals surface area contributed by atoms with Crippen LogP contribution in [-0.4, -0.2) is 32.9 Å². The molecule has 3 nitrogen and oxygen atoms in total. The number of ether oxygens (including phenoxy) is 2. The molecule has 0 fully saturated rings. The predicted molar refractivity (Wildman–Crippen MR) is 70.9 cm³/mol. The van der Waals surface area contributed by atoms with Crippen molar-refractivity contribution in [3.8, 4) is 5.75 Å². The zero-order chi connectivity index (χ0) is 12.3. The Bertz CT molecular complexity index is 307. The van der Waals surface area contributed by atoms with Gasteiger partial charge >= 0.3 is 0 Å². The first kappa shape index (κ1) is 14.3. The van der Waals surface area contributed by atoms with E-state index in [-0.39, 0.29) is 0 Å². The highest BCUT2D eigenvalue weighted by Gasteiger charge is 1.95. The molecule has 4 heteroatoms. The number of likely N-dealkylation sites (N-methyl/N-ethyl adjacent to an activating group) is 1. The Hall–Kier alpha value is -0.770. The minimum absolute atomic E-state index is 0.654. The lowest BCUT2D eigenvalue weighted by Crippen LogP contribution is -2.19. The highest BCUT2D eigenvalue weighted by molar-refractivity contribution is 6.30. The molecule has 0 heterocycles. The molecule has 0 aliphatic carbocycles. The number of halogens is 1. The maximum Gasteiger partial charge on any atom is 0.120 e. The fraction of sp³-hybridized carbons (Fsp3) is 0.538. The topological polar surface area (TPSA) is 30.5 Å². The Kier molecular flexibility index (Phi) is 7.80. The normalized spacial score (nSPS) is 10.5. The molecule has 0 aromatic heterocycles. The monoisotopic (exact) mass is 257 g/mol. The lowest BCUT2D eigenvalue weighted by Gasteiger charge is -2.07. The van der Waals surface area contributed by atoms with Crippen LogP contribution in [0.25, 0.3) is 0 Å². The number of rotatable bonds is 9. The van der Waals surface area contributed by atoms with Crippen LogP contribution in [0.1, 0.15) is 13.3 Å². The SMILES string of the molecule is CCNCCOCCCOc1cccc(Cl)c1. The van der Waals surface area contributed by atoms with E-state index < -0.39 is 0 Å². The van der Waals surface area contributed by atoms with Crippen LogP contribution in [-0.2, 0) is 4.74 Å². The third-order valence-corrected chi connectivity index (χ3v) is 2.41. The van der Waals surface area contributed by atoms with Gasteiger partial charge in [-0.1, -0.05) is 24.6 Å². The first-order valence-corrected chi connectivity index (χ1v) is 6.37. The second-order valence-electron chi connectivity index (χ2n) is 3.63. The van der Waals surface area contributed by atoms with Gasteiger partial charge < -0.3 is 14.8 Å². The summed E-state index contributed by atoms with van der Waals surface area (Å²) in [5.74, 6) is 0.810. The molecule has 0 atom stereocenters. The molecule has 0 saturated carbocycles. The van der Waals surface area contributed by atoms with Crippen LogP contribution in [0.3, 0.4) is 0 Å². The summed E-state index contributed by atoms with van der Waals surface area (Å²) >= 11 is 5.84. The number of benzene rings is 1. The van der Waals surface area contributed by atoms with Gasteiger partial charge in [0.15, 0.2) is 0 Å². The van der Waals surface area contributed by atoms with Crippen LogP contribution < -0.4 is 10.1 Å². The summed E-state index contributed by atoms with van der Waals surface area (Å²) in [5.41, 5.74) is 0. The van der Waals surface area contributed by atoms with Gasteiger partial charge in [0.2, 0.25) is 0 Å². The van der Waals surface area contributed by atoms with E-state index in [0.29, 0.717) is 11.6 Å². The molecule has 0 saturated heterocycles. The fourth-order valence-electron chi connectivity index (χ4n) is 1.33.